The van der Waals surface area contributed by atoms with Crippen LogP contribution in [0, 0.1) is 5.92 Å². The van der Waals surface area contributed by atoms with Gasteiger partial charge in [0.05, 0.1) is 13.0 Å². The Morgan fingerprint density at radius 3 is 2.81 bits per heavy atom. The number of benzene rings is 1. The van der Waals surface area contributed by atoms with Crippen molar-refractivity contribution in [2.75, 3.05) is 19.1 Å². The molecule has 2 aliphatic rings. The molecule has 0 saturated heterocycles. The molecule has 3 rings (SSSR count). The normalized spacial score (nSPS) is 27.6. The Labute approximate surface area is 124 Å². The number of amides is 1. The largest absolute Gasteiger partial charge is 0.468 e. The third-order valence-corrected chi connectivity index (χ3v) is 4.82. The quantitative estimate of drug-likeness (QED) is 0.588. The summed E-state index contributed by atoms with van der Waals surface area (Å²) in [6, 6.07) is 7.63. The molecule has 1 aliphatic carbocycles. The highest BCUT2D eigenvalue weighted by atomic mass is 16.5. The zero-order valence-electron chi connectivity index (χ0n) is 12.6. The highest BCUT2D eigenvalue weighted by Crippen LogP contribution is 2.51. The van der Waals surface area contributed by atoms with E-state index in [1.165, 1.54) is 7.11 Å². The van der Waals surface area contributed by atoms with Crippen LogP contribution in [0.1, 0.15) is 25.3 Å². The van der Waals surface area contributed by atoms with Crippen LogP contribution in [0.4, 0.5) is 5.69 Å². The maximum absolute atomic E-state index is 12.8. The molecule has 0 radical (unpaired) electrons. The molecule has 0 bridgehead atoms. The number of nitrogens with zero attached hydrogens (tertiary/aromatic N) is 1. The van der Waals surface area contributed by atoms with Gasteiger partial charge in [-0.2, -0.15) is 0 Å². The van der Waals surface area contributed by atoms with E-state index in [9.17, 15) is 9.59 Å². The molecule has 4 nitrogen and oxygen atoms in total. The van der Waals surface area contributed by atoms with Crippen LogP contribution in [0.3, 0.4) is 0 Å². The molecule has 4 heteroatoms. The highest BCUT2D eigenvalue weighted by molar-refractivity contribution is 6.05. The van der Waals surface area contributed by atoms with Crippen molar-refractivity contribution >= 4 is 17.6 Å². The van der Waals surface area contributed by atoms with E-state index in [-0.39, 0.29) is 17.8 Å². The van der Waals surface area contributed by atoms with Gasteiger partial charge in [-0.25, -0.2) is 0 Å². The van der Waals surface area contributed by atoms with Crippen molar-refractivity contribution in [3.05, 3.63) is 41.5 Å². The van der Waals surface area contributed by atoms with Crippen molar-refractivity contribution < 1.29 is 14.3 Å². The second-order valence-electron chi connectivity index (χ2n) is 5.89. The summed E-state index contributed by atoms with van der Waals surface area (Å²) in [7, 11) is 3.17. The lowest BCUT2D eigenvalue weighted by Gasteiger charge is -2.47. The van der Waals surface area contributed by atoms with Crippen LogP contribution < -0.4 is 4.90 Å². The molecular weight excluding hydrogens is 266 g/mol. The maximum Gasteiger partial charge on any atom is 0.317 e. The fourth-order valence-corrected chi connectivity index (χ4v) is 3.67. The van der Waals surface area contributed by atoms with Crippen LogP contribution in [-0.4, -0.2) is 26.0 Å². The van der Waals surface area contributed by atoms with Crippen molar-refractivity contribution in [2.24, 2.45) is 5.92 Å². The summed E-state index contributed by atoms with van der Waals surface area (Å²) in [5.74, 6) is -0.702. The van der Waals surface area contributed by atoms with E-state index in [2.05, 4.69) is 6.08 Å². The molecule has 0 unspecified atom stereocenters. The lowest BCUT2D eigenvalue weighted by Crippen LogP contribution is -2.56. The predicted octanol–water partition coefficient (Wildman–Crippen LogP) is 2.43. The van der Waals surface area contributed by atoms with E-state index < -0.39 is 5.41 Å². The zero-order chi connectivity index (χ0) is 15.2. The van der Waals surface area contributed by atoms with Gasteiger partial charge in [-0.1, -0.05) is 29.8 Å². The van der Waals surface area contributed by atoms with Gasteiger partial charge in [0.15, 0.2) is 0 Å². The second kappa shape index (κ2) is 4.72. The highest BCUT2D eigenvalue weighted by Gasteiger charge is 2.56. The van der Waals surface area contributed by atoms with E-state index in [4.69, 9.17) is 4.74 Å². The van der Waals surface area contributed by atoms with Gasteiger partial charge in [0.25, 0.3) is 0 Å². The fourth-order valence-electron chi connectivity index (χ4n) is 3.67. The van der Waals surface area contributed by atoms with Crippen LogP contribution in [0.25, 0.3) is 0 Å². The van der Waals surface area contributed by atoms with Crippen molar-refractivity contribution in [3.63, 3.8) is 0 Å². The summed E-state index contributed by atoms with van der Waals surface area (Å²) < 4.78 is 5.09. The third kappa shape index (κ3) is 1.75. The van der Waals surface area contributed by atoms with E-state index >= 15 is 0 Å². The Kier molecular flexibility index (Phi) is 3.12. The SMILES string of the molecule is COC(=O)[C@@]12CC=C(C)C[C@@H]1C(=O)N(C)c1ccccc12. The van der Waals surface area contributed by atoms with Crippen LogP contribution >= 0.6 is 0 Å². The standard InChI is InChI=1S/C17H19NO3/c1-11-8-9-17(16(20)21-3)12-6-4-5-7-14(12)18(2)15(19)13(17)10-11/h4-8,13H,9-10H2,1-3H3/t13-,17-/m1/s1. The van der Waals surface area contributed by atoms with Crippen LogP contribution in [0.5, 0.6) is 0 Å². The number of esters is 1. The first-order chi connectivity index (χ1) is 10.0. The zero-order valence-corrected chi connectivity index (χ0v) is 12.6. The van der Waals surface area contributed by atoms with E-state index in [0.717, 1.165) is 16.8 Å². The van der Waals surface area contributed by atoms with Gasteiger partial charge < -0.3 is 9.64 Å². The number of carbonyl (C=O) groups excluding carboxylic acids is 2. The molecule has 1 aromatic rings. The summed E-state index contributed by atoms with van der Waals surface area (Å²) in [6.07, 6.45) is 3.18. The number of rotatable bonds is 1. The fraction of sp³-hybridized carbons (Fsp3) is 0.412. The average Bonchev–Trinajstić information content (AvgIpc) is 2.52. The van der Waals surface area contributed by atoms with Crippen molar-refractivity contribution in [2.45, 2.75) is 25.2 Å². The number of hydrogen-bond acceptors (Lipinski definition) is 3. The first kappa shape index (κ1) is 13.9. The van der Waals surface area contributed by atoms with Crippen LogP contribution in [0.2, 0.25) is 0 Å². The summed E-state index contributed by atoms with van der Waals surface area (Å²) in [5, 5.41) is 0. The number of methoxy groups -OCH3 is 1. The predicted molar refractivity (Wildman–Crippen MR) is 80.0 cm³/mol. The van der Waals surface area contributed by atoms with Gasteiger partial charge in [-0.15, -0.1) is 0 Å². The lowest BCUT2D eigenvalue weighted by molar-refractivity contribution is -0.153. The molecule has 1 aromatic carbocycles. The number of allylic oxidation sites excluding steroid dienone is 2. The van der Waals surface area contributed by atoms with Crippen molar-refractivity contribution in [1.82, 2.24) is 0 Å². The third-order valence-electron chi connectivity index (χ3n) is 4.82. The summed E-state index contributed by atoms with van der Waals surface area (Å²) in [5.41, 5.74) is 1.97. The Bertz CT molecular complexity index is 649. The van der Waals surface area contributed by atoms with Crippen LogP contribution in [0.15, 0.2) is 35.9 Å². The number of carbonyl (C=O) groups is 2. The Balaban J connectivity index is 2.30. The minimum absolute atomic E-state index is 0.00782. The van der Waals surface area contributed by atoms with Gasteiger partial charge >= 0.3 is 5.97 Å². The number of fused-ring (bicyclic) bond motifs is 3. The first-order valence-electron chi connectivity index (χ1n) is 7.13. The monoisotopic (exact) mass is 285 g/mol. The van der Waals surface area contributed by atoms with Crippen molar-refractivity contribution in [1.29, 1.82) is 0 Å². The van der Waals surface area contributed by atoms with Gasteiger partial charge in [-0.05, 0) is 31.4 Å². The minimum atomic E-state index is -0.881. The van der Waals surface area contributed by atoms with Crippen molar-refractivity contribution in [3.8, 4) is 0 Å². The molecule has 0 saturated carbocycles. The number of para-hydroxylation sites is 1. The molecule has 110 valence electrons. The maximum atomic E-state index is 12.8. The molecular formula is C17H19NO3. The summed E-state index contributed by atoms with van der Waals surface area (Å²) in [6.45, 7) is 2.01. The Morgan fingerprint density at radius 1 is 1.38 bits per heavy atom. The molecule has 0 spiro atoms. The molecule has 0 N–H and O–H groups in total. The van der Waals surface area contributed by atoms with E-state index in [1.807, 2.05) is 31.2 Å². The topological polar surface area (TPSA) is 46.6 Å². The average molecular weight is 285 g/mol. The van der Waals surface area contributed by atoms with Gasteiger partial charge in [0.1, 0.15) is 5.41 Å². The number of hydrogen-bond donors (Lipinski definition) is 0. The molecule has 21 heavy (non-hydrogen) atoms. The lowest BCUT2D eigenvalue weighted by atomic mass is 9.60. The first-order valence-corrected chi connectivity index (χ1v) is 7.13. The Hall–Kier alpha value is -2.10. The number of anilines is 1. The van der Waals surface area contributed by atoms with Crippen LogP contribution in [-0.2, 0) is 19.7 Å². The molecule has 0 fully saturated rings. The Morgan fingerprint density at radius 2 is 2.10 bits per heavy atom. The van der Waals surface area contributed by atoms with Gasteiger partial charge in [0, 0.05) is 12.7 Å². The van der Waals surface area contributed by atoms with Gasteiger partial charge in [0.2, 0.25) is 5.91 Å². The van der Waals surface area contributed by atoms with Gasteiger partial charge in [-0.3, -0.25) is 9.59 Å². The number of ether oxygens (including phenoxy) is 1. The van der Waals surface area contributed by atoms with E-state index in [0.29, 0.717) is 12.8 Å². The summed E-state index contributed by atoms with van der Waals surface area (Å²) in [4.78, 5) is 27.1. The molecule has 1 amide bonds. The molecule has 1 aliphatic heterocycles. The molecule has 0 aromatic heterocycles. The molecule has 1 heterocycles. The van der Waals surface area contributed by atoms with E-state index in [1.54, 1.807) is 11.9 Å². The minimum Gasteiger partial charge on any atom is -0.468 e. The summed E-state index contributed by atoms with van der Waals surface area (Å²) >= 11 is 0. The molecule has 2 atom stereocenters. The second-order valence-corrected chi connectivity index (χ2v) is 5.89. The smallest absolute Gasteiger partial charge is 0.317 e.